The van der Waals surface area contributed by atoms with E-state index in [9.17, 15) is 9.59 Å². The van der Waals surface area contributed by atoms with Crippen LogP contribution in [-0.4, -0.2) is 23.5 Å². The second kappa shape index (κ2) is 5.87. The number of carbonyl (C=O) groups is 2. The first-order valence-corrected chi connectivity index (χ1v) is 6.01. The van der Waals surface area contributed by atoms with Crippen LogP contribution in [0.4, 0.5) is 0 Å². The molecule has 1 amide bonds. The Morgan fingerprint density at radius 3 is 2.25 bits per heavy atom. The zero-order valence-corrected chi connectivity index (χ0v) is 10.0. The molecule has 1 rings (SSSR count). The molecule has 4 nitrogen and oxygen atoms in total. The first-order valence-electron chi connectivity index (χ1n) is 6.01. The molecule has 1 aliphatic rings. The smallest absolute Gasteiger partial charge is 0.306 e. The van der Waals surface area contributed by atoms with E-state index in [2.05, 4.69) is 5.32 Å². The molecule has 1 aliphatic carbocycles. The molecule has 0 heterocycles. The Balaban J connectivity index is 2.22. The molecule has 0 bridgehead atoms. The van der Waals surface area contributed by atoms with Gasteiger partial charge in [-0.05, 0) is 31.6 Å². The second-order valence-electron chi connectivity index (χ2n) is 4.96. The van der Waals surface area contributed by atoms with Gasteiger partial charge in [0.15, 0.2) is 0 Å². The summed E-state index contributed by atoms with van der Waals surface area (Å²) in [4.78, 5) is 22.1. The Morgan fingerprint density at radius 2 is 1.81 bits per heavy atom. The summed E-state index contributed by atoms with van der Waals surface area (Å²) in [5, 5.41) is 11.8. The van der Waals surface area contributed by atoms with Crippen molar-refractivity contribution in [3.05, 3.63) is 0 Å². The van der Waals surface area contributed by atoms with Gasteiger partial charge in [0.2, 0.25) is 5.91 Å². The van der Waals surface area contributed by atoms with E-state index in [1.54, 1.807) is 0 Å². The summed E-state index contributed by atoms with van der Waals surface area (Å²) < 4.78 is 0. The summed E-state index contributed by atoms with van der Waals surface area (Å²) in [5.74, 6) is -0.282. The number of hydrogen-bond donors (Lipinski definition) is 2. The number of nitrogens with one attached hydrogen (secondary N) is 1. The number of amides is 1. The number of hydrogen-bond acceptors (Lipinski definition) is 2. The first-order chi connectivity index (χ1) is 7.50. The standard InChI is InChI=1S/C12H21NO3/c1-8(2)11(14)13-7-9-3-5-10(6-4-9)12(15)16/h8-10H,3-7H2,1-2H3,(H,13,14)(H,15,16)/t9-,10-. The van der Waals surface area contributed by atoms with Gasteiger partial charge in [-0.2, -0.15) is 0 Å². The summed E-state index contributed by atoms with van der Waals surface area (Å²) in [6, 6.07) is 0. The molecule has 16 heavy (non-hydrogen) atoms. The van der Waals surface area contributed by atoms with Gasteiger partial charge in [0.25, 0.3) is 0 Å². The minimum Gasteiger partial charge on any atom is -0.481 e. The van der Waals surface area contributed by atoms with Crippen LogP contribution < -0.4 is 5.32 Å². The van der Waals surface area contributed by atoms with E-state index in [0.29, 0.717) is 12.5 Å². The van der Waals surface area contributed by atoms with Crippen LogP contribution in [-0.2, 0) is 9.59 Å². The SMILES string of the molecule is CC(C)C(=O)NC[C@H]1CC[C@H](C(=O)O)CC1. The van der Waals surface area contributed by atoms with Gasteiger partial charge in [0, 0.05) is 12.5 Å². The maximum atomic E-state index is 11.4. The number of aliphatic carboxylic acids is 1. The van der Waals surface area contributed by atoms with Gasteiger partial charge in [-0.1, -0.05) is 13.8 Å². The highest BCUT2D eigenvalue weighted by atomic mass is 16.4. The van der Waals surface area contributed by atoms with Crippen LogP contribution in [0, 0.1) is 17.8 Å². The largest absolute Gasteiger partial charge is 0.481 e. The summed E-state index contributed by atoms with van der Waals surface area (Å²) in [6.07, 6.45) is 3.32. The van der Waals surface area contributed by atoms with Crippen LogP contribution in [0.15, 0.2) is 0 Å². The topological polar surface area (TPSA) is 66.4 Å². The summed E-state index contributed by atoms with van der Waals surface area (Å²) in [7, 11) is 0. The fraction of sp³-hybridized carbons (Fsp3) is 0.833. The molecule has 0 saturated heterocycles. The number of carboxylic acid groups (broad SMARTS) is 1. The maximum Gasteiger partial charge on any atom is 0.306 e. The highest BCUT2D eigenvalue weighted by Crippen LogP contribution is 2.28. The Bertz CT molecular complexity index is 255. The van der Waals surface area contributed by atoms with E-state index in [4.69, 9.17) is 5.11 Å². The minimum atomic E-state index is -0.676. The van der Waals surface area contributed by atoms with Crippen LogP contribution in [0.25, 0.3) is 0 Å². The Labute approximate surface area is 96.4 Å². The zero-order valence-electron chi connectivity index (χ0n) is 10.0. The molecular formula is C12H21NO3. The van der Waals surface area contributed by atoms with Crippen molar-refractivity contribution in [2.45, 2.75) is 39.5 Å². The van der Waals surface area contributed by atoms with Gasteiger partial charge in [-0.25, -0.2) is 0 Å². The molecule has 4 heteroatoms. The monoisotopic (exact) mass is 227 g/mol. The zero-order chi connectivity index (χ0) is 12.1. The van der Waals surface area contributed by atoms with Crippen LogP contribution in [0.3, 0.4) is 0 Å². The van der Waals surface area contributed by atoms with Crippen molar-refractivity contribution in [3.63, 3.8) is 0 Å². The van der Waals surface area contributed by atoms with E-state index in [-0.39, 0.29) is 17.7 Å². The van der Waals surface area contributed by atoms with E-state index >= 15 is 0 Å². The lowest BCUT2D eigenvalue weighted by molar-refractivity contribution is -0.143. The molecule has 0 unspecified atom stereocenters. The second-order valence-corrected chi connectivity index (χ2v) is 4.96. The Morgan fingerprint density at radius 1 is 1.25 bits per heavy atom. The highest BCUT2D eigenvalue weighted by molar-refractivity contribution is 5.77. The van der Waals surface area contributed by atoms with Crippen LogP contribution in [0.5, 0.6) is 0 Å². The molecule has 0 spiro atoms. The maximum absolute atomic E-state index is 11.4. The molecule has 92 valence electrons. The molecule has 0 aromatic rings. The number of carboxylic acids is 1. The van der Waals surface area contributed by atoms with Gasteiger partial charge in [0.1, 0.15) is 0 Å². The number of rotatable bonds is 4. The van der Waals surface area contributed by atoms with E-state index in [1.165, 1.54) is 0 Å². The Hall–Kier alpha value is -1.06. The van der Waals surface area contributed by atoms with Gasteiger partial charge < -0.3 is 10.4 Å². The van der Waals surface area contributed by atoms with Gasteiger partial charge in [0.05, 0.1) is 5.92 Å². The first kappa shape index (κ1) is 13.0. The van der Waals surface area contributed by atoms with Crippen LogP contribution in [0.1, 0.15) is 39.5 Å². The fourth-order valence-corrected chi connectivity index (χ4v) is 2.06. The average Bonchev–Trinajstić information content (AvgIpc) is 2.26. The van der Waals surface area contributed by atoms with Crippen LogP contribution >= 0.6 is 0 Å². The summed E-state index contributed by atoms with van der Waals surface area (Å²) in [6.45, 7) is 4.44. The van der Waals surface area contributed by atoms with Gasteiger partial charge in [-0.15, -0.1) is 0 Å². The number of carbonyl (C=O) groups excluding carboxylic acids is 1. The third kappa shape index (κ3) is 3.83. The van der Waals surface area contributed by atoms with E-state index in [0.717, 1.165) is 25.7 Å². The predicted octanol–water partition coefficient (Wildman–Crippen LogP) is 1.65. The molecular weight excluding hydrogens is 206 g/mol. The van der Waals surface area contributed by atoms with Crippen molar-refractivity contribution in [3.8, 4) is 0 Å². The van der Waals surface area contributed by atoms with E-state index in [1.807, 2.05) is 13.8 Å². The highest BCUT2D eigenvalue weighted by Gasteiger charge is 2.26. The van der Waals surface area contributed by atoms with Crippen molar-refractivity contribution in [1.82, 2.24) is 5.32 Å². The molecule has 2 N–H and O–H groups in total. The molecule has 1 fully saturated rings. The third-order valence-electron chi connectivity index (χ3n) is 3.29. The Kier molecular flexibility index (Phi) is 4.77. The normalized spacial score (nSPS) is 25.4. The van der Waals surface area contributed by atoms with E-state index < -0.39 is 5.97 Å². The molecule has 0 aliphatic heterocycles. The van der Waals surface area contributed by atoms with Crippen molar-refractivity contribution in [2.24, 2.45) is 17.8 Å². The fourth-order valence-electron chi connectivity index (χ4n) is 2.06. The van der Waals surface area contributed by atoms with Crippen molar-refractivity contribution >= 4 is 11.9 Å². The molecule has 0 atom stereocenters. The molecule has 0 aromatic carbocycles. The quantitative estimate of drug-likeness (QED) is 0.767. The van der Waals surface area contributed by atoms with Gasteiger partial charge in [-0.3, -0.25) is 9.59 Å². The predicted molar refractivity (Wildman–Crippen MR) is 60.9 cm³/mol. The minimum absolute atomic E-state index is 0.0235. The van der Waals surface area contributed by atoms with Crippen molar-refractivity contribution in [1.29, 1.82) is 0 Å². The molecule has 1 saturated carbocycles. The van der Waals surface area contributed by atoms with Crippen molar-refractivity contribution < 1.29 is 14.7 Å². The third-order valence-corrected chi connectivity index (χ3v) is 3.29. The lowest BCUT2D eigenvalue weighted by Crippen LogP contribution is -2.34. The molecule has 0 aromatic heterocycles. The lowest BCUT2D eigenvalue weighted by Gasteiger charge is -2.26. The van der Waals surface area contributed by atoms with Crippen molar-refractivity contribution in [2.75, 3.05) is 6.54 Å². The summed E-state index contributed by atoms with van der Waals surface area (Å²) in [5.41, 5.74) is 0. The van der Waals surface area contributed by atoms with Gasteiger partial charge >= 0.3 is 5.97 Å². The molecule has 0 radical (unpaired) electrons. The van der Waals surface area contributed by atoms with Crippen LogP contribution in [0.2, 0.25) is 0 Å². The summed E-state index contributed by atoms with van der Waals surface area (Å²) >= 11 is 0. The lowest BCUT2D eigenvalue weighted by atomic mass is 9.82. The average molecular weight is 227 g/mol.